The van der Waals surface area contributed by atoms with Crippen LogP contribution in [0.25, 0.3) is 0 Å². The lowest BCUT2D eigenvalue weighted by molar-refractivity contribution is -0.176. The number of rotatable bonds is 7. The van der Waals surface area contributed by atoms with Crippen molar-refractivity contribution in [2.24, 2.45) is 22.7 Å². The standard InChI is InChI=1S/C22H32ClF4N5O5/c1-20(2,3)14(29-19(37)22(25,26)27)17(35)31-9-10-12(21(10,4)5)13(31)16(34)30-32(18(36)15(23)24)8-7-11(33)28-6/h10,12-15H,7-9H2,1-6H3,(H,28,33)(H,29,37)(H,30,34)/t10-,12-,13-,14?,15?/m0/s1. The largest absolute Gasteiger partial charge is 0.471 e. The molecule has 0 spiro atoms. The molecule has 2 aliphatic rings. The van der Waals surface area contributed by atoms with Crippen LogP contribution < -0.4 is 16.1 Å². The van der Waals surface area contributed by atoms with Gasteiger partial charge in [-0.2, -0.15) is 13.2 Å². The molecule has 210 valence electrons. The minimum atomic E-state index is -5.23. The molecule has 5 amide bonds. The lowest BCUT2D eigenvalue weighted by Gasteiger charge is -2.38. The van der Waals surface area contributed by atoms with Gasteiger partial charge >= 0.3 is 12.1 Å². The zero-order valence-electron chi connectivity index (χ0n) is 21.3. The molecule has 2 unspecified atom stereocenters. The summed E-state index contributed by atoms with van der Waals surface area (Å²) in [7, 11) is 1.34. The fourth-order valence-electron chi connectivity index (χ4n) is 4.72. The molecule has 15 heteroatoms. The highest BCUT2D eigenvalue weighted by molar-refractivity contribution is 6.29. The van der Waals surface area contributed by atoms with Crippen LogP contribution in [0.4, 0.5) is 17.6 Å². The molecule has 5 atom stereocenters. The molecule has 10 nitrogen and oxygen atoms in total. The van der Waals surface area contributed by atoms with Gasteiger partial charge in [0.2, 0.25) is 11.8 Å². The van der Waals surface area contributed by atoms with Gasteiger partial charge in [0.15, 0.2) is 0 Å². The van der Waals surface area contributed by atoms with E-state index in [0.29, 0.717) is 5.01 Å². The van der Waals surface area contributed by atoms with E-state index in [1.807, 2.05) is 13.8 Å². The Morgan fingerprint density at radius 2 is 1.70 bits per heavy atom. The number of piperidine rings is 1. The second kappa shape index (κ2) is 10.6. The molecule has 0 bridgehead atoms. The first-order valence-electron chi connectivity index (χ1n) is 11.5. The van der Waals surface area contributed by atoms with Gasteiger partial charge in [-0.15, -0.1) is 0 Å². The number of nitrogens with one attached hydrogen (secondary N) is 3. The number of halogens is 5. The first-order chi connectivity index (χ1) is 16.7. The normalized spacial score (nSPS) is 23.9. The van der Waals surface area contributed by atoms with Crippen molar-refractivity contribution in [1.29, 1.82) is 0 Å². The Balaban J connectivity index is 2.34. The van der Waals surface area contributed by atoms with Crippen LogP contribution in [0.3, 0.4) is 0 Å². The first-order valence-corrected chi connectivity index (χ1v) is 12.0. The van der Waals surface area contributed by atoms with Crippen molar-refractivity contribution >= 4 is 41.1 Å². The number of hydrazine groups is 1. The summed E-state index contributed by atoms with van der Waals surface area (Å²) in [5.41, 5.74) is -1.87. The summed E-state index contributed by atoms with van der Waals surface area (Å²) in [5, 5.41) is 4.58. The van der Waals surface area contributed by atoms with Crippen molar-refractivity contribution in [2.45, 2.75) is 64.9 Å². The van der Waals surface area contributed by atoms with Gasteiger partial charge in [-0.25, -0.2) is 9.40 Å². The molecule has 0 aromatic heterocycles. The lowest BCUT2D eigenvalue weighted by Crippen LogP contribution is -2.62. The van der Waals surface area contributed by atoms with Gasteiger partial charge in [0.25, 0.3) is 17.4 Å². The van der Waals surface area contributed by atoms with E-state index in [4.69, 9.17) is 11.6 Å². The van der Waals surface area contributed by atoms with Crippen molar-refractivity contribution in [3.63, 3.8) is 0 Å². The van der Waals surface area contributed by atoms with Gasteiger partial charge in [-0.05, 0) is 22.7 Å². The van der Waals surface area contributed by atoms with Crippen LogP contribution in [0.15, 0.2) is 0 Å². The molecule has 37 heavy (non-hydrogen) atoms. The quantitative estimate of drug-likeness (QED) is 0.245. The van der Waals surface area contributed by atoms with Crippen LogP contribution in [0, 0.1) is 22.7 Å². The Labute approximate surface area is 216 Å². The molecule has 1 aliphatic carbocycles. The maximum Gasteiger partial charge on any atom is 0.471 e. The van der Waals surface area contributed by atoms with E-state index in [1.54, 1.807) is 5.32 Å². The maximum atomic E-state index is 13.6. The first kappa shape index (κ1) is 30.6. The van der Waals surface area contributed by atoms with Crippen molar-refractivity contribution in [3.8, 4) is 0 Å². The fourth-order valence-corrected chi connectivity index (χ4v) is 4.83. The molecule has 2 rings (SSSR count). The van der Waals surface area contributed by atoms with E-state index in [9.17, 15) is 41.5 Å². The van der Waals surface area contributed by atoms with Crippen molar-refractivity contribution in [2.75, 3.05) is 20.1 Å². The summed E-state index contributed by atoms with van der Waals surface area (Å²) >= 11 is 5.25. The lowest BCUT2D eigenvalue weighted by atomic mass is 9.85. The Bertz CT molecular complexity index is 953. The summed E-state index contributed by atoms with van der Waals surface area (Å²) in [6.45, 7) is 7.68. The molecule has 1 aliphatic heterocycles. The van der Waals surface area contributed by atoms with Crippen LogP contribution in [0.2, 0.25) is 0 Å². The van der Waals surface area contributed by atoms with Gasteiger partial charge in [-0.3, -0.25) is 29.4 Å². The summed E-state index contributed by atoms with van der Waals surface area (Å²) in [5.74, 6) is -6.54. The van der Waals surface area contributed by atoms with E-state index in [2.05, 4.69) is 10.7 Å². The van der Waals surface area contributed by atoms with Crippen molar-refractivity contribution < 1.29 is 41.5 Å². The van der Waals surface area contributed by atoms with E-state index in [-0.39, 0.29) is 18.9 Å². The second-order valence-corrected chi connectivity index (χ2v) is 11.2. The van der Waals surface area contributed by atoms with Crippen LogP contribution in [0.5, 0.6) is 0 Å². The summed E-state index contributed by atoms with van der Waals surface area (Å²) < 4.78 is 52.4. The minimum Gasteiger partial charge on any atom is -0.359 e. The van der Waals surface area contributed by atoms with Gasteiger partial charge in [0.05, 0.1) is 6.54 Å². The molecule has 0 aromatic carbocycles. The summed E-state index contributed by atoms with van der Waals surface area (Å²) in [6, 6.07) is -2.86. The molecule has 3 N–H and O–H groups in total. The average Bonchev–Trinajstić information content (AvgIpc) is 3.10. The highest BCUT2D eigenvalue weighted by Crippen LogP contribution is 2.65. The number of hydrogen-bond acceptors (Lipinski definition) is 5. The number of nitrogens with zero attached hydrogens (tertiary/aromatic N) is 2. The number of hydrogen-bond donors (Lipinski definition) is 3. The summed E-state index contributed by atoms with van der Waals surface area (Å²) in [6.07, 6.45) is -5.53. The van der Waals surface area contributed by atoms with Gasteiger partial charge in [-0.1, -0.05) is 46.2 Å². The Morgan fingerprint density at radius 3 is 2.16 bits per heavy atom. The number of fused-ring (bicyclic) bond motifs is 1. The van der Waals surface area contributed by atoms with Gasteiger partial charge < -0.3 is 15.5 Å². The third-order valence-corrected chi connectivity index (χ3v) is 7.13. The van der Waals surface area contributed by atoms with Crippen LogP contribution in [-0.2, 0) is 24.0 Å². The molecular formula is C22H32ClF4N5O5. The molecule has 0 aromatic rings. The number of likely N-dealkylation sites (tertiary alicyclic amines) is 1. The zero-order chi connectivity index (χ0) is 28.7. The predicted molar refractivity (Wildman–Crippen MR) is 123 cm³/mol. The molecule has 0 radical (unpaired) electrons. The highest BCUT2D eigenvalue weighted by atomic mass is 35.5. The van der Waals surface area contributed by atoms with E-state index >= 15 is 0 Å². The number of carbonyl (C=O) groups excluding carboxylic acids is 5. The third-order valence-electron chi connectivity index (χ3n) is 6.95. The Morgan fingerprint density at radius 1 is 1.14 bits per heavy atom. The molecule has 2 fully saturated rings. The average molecular weight is 558 g/mol. The monoisotopic (exact) mass is 557 g/mol. The van der Waals surface area contributed by atoms with E-state index < -0.39 is 76.7 Å². The molecule has 1 saturated carbocycles. The number of alkyl halides is 5. The van der Waals surface area contributed by atoms with E-state index in [1.165, 1.54) is 27.8 Å². The fraction of sp³-hybridized carbons (Fsp3) is 0.773. The smallest absolute Gasteiger partial charge is 0.359 e. The third kappa shape index (κ3) is 6.63. The number of amides is 5. The zero-order valence-corrected chi connectivity index (χ0v) is 22.1. The van der Waals surface area contributed by atoms with Crippen LogP contribution in [0.1, 0.15) is 41.0 Å². The summed E-state index contributed by atoms with van der Waals surface area (Å²) in [4.78, 5) is 63.4. The van der Waals surface area contributed by atoms with Gasteiger partial charge in [0.1, 0.15) is 12.1 Å². The minimum absolute atomic E-state index is 0.0243. The number of carbonyl (C=O) groups is 5. The maximum absolute atomic E-state index is 13.6. The van der Waals surface area contributed by atoms with Crippen molar-refractivity contribution in [1.82, 2.24) is 26.0 Å². The Hall–Kier alpha value is -2.64. The SMILES string of the molecule is CNC(=O)CCN(NC(=O)[C@@H]1[C@@H]2[C@H](CN1C(=O)C(NC(=O)C(F)(F)F)C(C)(C)C)C2(C)C)C(=O)C(F)Cl. The second-order valence-electron chi connectivity index (χ2n) is 10.8. The van der Waals surface area contributed by atoms with Crippen LogP contribution >= 0.6 is 11.6 Å². The molecule has 1 heterocycles. The van der Waals surface area contributed by atoms with Crippen LogP contribution in [-0.4, -0.2) is 83.5 Å². The van der Waals surface area contributed by atoms with Crippen molar-refractivity contribution in [3.05, 3.63) is 0 Å². The Kier molecular flexibility index (Phi) is 8.78. The van der Waals surface area contributed by atoms with Gasteiger partial charge in [0, 0.05) is 20.0 Å². The molecule has 1 saturated heterocycles. The highest BCUT2D eigenvalue weighted by Gasteiger charge is 2.70. The topological polar surface area (TPSA) is 128 Å². The predicted octanol–water partition coefficient (Wildman–Crippen LogP) is 1.09. The molecular weight excluding hydrogens is 526 g/mol. The van der Waals surface area contributed by atoms with E-state index in [0.717, 1.165) is 4.90 Å².